The number of ether oxygens (including phenoxy) is 1. The van der Waals surface area contributed by atoms with Gasteiger partial charge in [0, 0.05) is 0 Å². The average molecular weight is 187 g/mol. The van der Waals surface area contributed by atoms with Gasteiger partial charge in [-0.1, -0.05) is 27.7 Å². The molecule has 1 atom stereocenters. The quantitative estimate of drug-likeness (QED) is 0.664. The predicted octanol–water partition coefficient (Wildman–Crippen LogP) is 1.56. The first-order valence-electron chi connectivity index (χ1n) is 4.85. The maximum atomic E-state index is 11.2. The van der Waals surface area contributed by atoms with Crippen molar-refractivity contribution in [1.82, 2.24) is 0 Å². The van der Waals surface area contributed by atoms with Gasteiger partial charge >= 0.3 is 5.97 Å². The summed E-state index contributed by atoms with van der Waals surface area (Å²) < 4.78 is 5.00. The zero-order chi connectivity index (χ0) is 10.4. The van der Waals surface area contributed by atoms with Crippen LogP contribution < -0.4 is 5.73 Å². The maximum Gasteiger partial charge on any atom is 0.322 e. The van der Waals surface area contributed by atoms with Gasteiger partial charge < -0.3 is 10.5 Å². The lowest BCUT2D eigenvalue weighted by Crippen LogP contribution is -2.34. The van der Waals surface area contributed by atoms with Gasteiger partial charge in [0.25, 0.3) is 0 Å². The van der Waals surface area contributed by atoms with Crippen molar-refractivity contribution in [3.05, 3.63) is 0 Å². The summed E-state index contributed by atoms with van der Waals surface area (Å²) in [6.45, 7) is 8.54. The van der Waals surface area contributed by atoms with Crippen LogP contribution in [-0.4, -0.2) is 18.6 Å². The van der Waals surface area contributed by atoms with Crippen LogP contribution in [-0.2, 0) is 9.53 Å². The van der Waals surface area contributed by atoms with Crippen LogP contribution in [0.3, 0.4) is 0 Å². The highest BCUT2D eigenvalue weighted by Gasteiger charge is 2.16. The molecule has 0 heterocycles. The molecule has 0 amide bonds. The van der Waals surface area contributed by atoms with E-state index >= 15 is 0 Å². The average Bonchev–Trinajstić information content (AvgIpc) is 1.98. The fraction of sp³-hybridized carbons (Fsp3) is 0.900. The van der Waals surface area contributed by atoms with E-state index in [1.165, 1.54) is 0 Å². The number of carbonyl (C=O) groups excluding carboxylic acids is 1. The molecule has 0 saturated heterocycles. The summed E-state index contributed by atoms with van der Waals surface area (Å²) in [4.78, 5) is 11.2. The third-order valence-corrected chi connectivity index (χ3v) is 1.59. The van der Waals surface area contributed by atoms with Crippen molar-refractivity contribution in [3.63, 3.8) is 0 Å². The summed E-state index contributed by atoms with van der Waals surface area (Å²) in [5, 5.41) is 0. The number of hydrogen-bond donors (Lipinski definition) is 1. The van der Waals surface area contributed by atoms with Gasteiger partial charge in [0.15, 0.2) is 0 Å². The Bertz CT molecular complexity index is 155. The summed E-state index contributed by atoms with van der Waals surface area (Å²) in [6.07, 6.45) is 0.691. The minimum Gasteiger partial charge on any atom is -0.464 e. The molecule has 0 spiro atoms. The van der Waals surface area contributed by atoms with Gasteiger partial charge in [-0.05, 0) is 18.3 Å². The summed E-state index contributed by atoms with van der Waals surface area (Å²) in [5.41, 5.74) is 5.63. The predicted molar refractivity (Wildman–Crippen MR) is 53.2 cm³/mol. The van der Waals surface area contributed by atoms with Gasteiger partial charge in [-0.2, -0.15) is 0 Å². The smallest absolute Gasteiger partial charge is 0.322 e. The van der Waals surface area contributed by atoms with E-state index in [1.54, 1.807) is 0 Å². The van der Waals surface area contributed by atoms with Gasteiger partial charge in [0.2, 0.25) is 0 Å². The Morgan fingerprint density at radius 2 is 1.77 bits per heavy atom. The van der Waals surface area contributed by atoms with E-state index < -0.39 is 6.04 Å². The number of hydrogen-bond acceptors (Lipinski definition) is 3. The molecule has 0 aromatic heterocycles. The summed E-state index contributed by atoms with van der Waals surface area (Å²) in [7, 11) is 0. The zero-order valence-electron chi connectivity index (χ0n) is 9.04. The summed E-state index contributed by atoms with van der Waals surface area (Å²) in [5.74, 6) is 0.527. The topological polar surface area (TPSA) is 52.3 Å². The third-order valence-electron chi connectivity index (χ3n) is 1.59. The first kappa shape index (κ1) is 12.4. The van der Waals surface area contributed by atoms with E-state index in [-0.39, 0.29) is 5.97 Å². The van der Waals surface area contributed by atoms with Gasteiger partial charge in [-0.3, -0.25) is 4.79 Å². The van der Waals surface area contributed by atoms with Crippen molar-refractivity contribution in [3.8, 4) is 0 Å². The molecule has 0 radical (unpaired) electrons. The molecular weight excluding hydrogens is 166 g/mol. The molecule has 0 aromatic carbocycles. The largest absolute Gasteiger partial charge is 0.464 e. The highest BCUT2D eigenvalue weighted by molar-refractivity contribution is 5.75. The highest BCUT2D eigenvalue weighted by Crippen LogP contribution is 2.04. The fourth-order valence-corrected chi connectivity index (χ4v) is 0.960. The monoisotopic (exact) mass is 187 g/mol. The molecule has 0 aliphatic heterocycles. The Morgan fingerprint density at radius 1 is 1.23 bits per heavy atom. The van der Waals surface area contributed by atoms with Crippen LogP contribution in [0.5, 0.6) is 0 Å². The molecule has 0 unspecified atom stereocenters. The van der Waals surface area contributed by atoms with E-state index in [2.05, 4.69) is 0 Å². The minimum absolute atomic E-state index is 0.276. The lowest BCUT2D eigenvalue weighted by molar-refractivity contribution is -0.146. The number of esters is 1. The van der Waals surface area contributed by atoms with Crippen molar-refractivity contribution in [1.29, 1.82) is 0 Å². The van der Waals surface area contributed by atoms with Crippen LogP contribution >= 0.6 is 0 Å². The number of rotatable bonds is 5. The zero-order valence-corrected chi connectivity index (χ0v) is 9.04. The number of nitrogens with two attached hydrogens (primary N) is 1. The van der Waals surface area contributed by atoms with E-state index in [1.807, 2.05) is 27.7 Å². The first-order valence-corrected chi connectivity index (χ1v) is 4.85. The molecule has 0 saturated carbocycles. The van der Waals surface area contributed by atoms with E-state index in [0.717, 1.165) is 0 Å². The normalized spacial score (nSPS) is 13.5. The molecule has 0 aromatic rings. The first-order chi connectivity index (χ1) is 5.93. The van der Waals surface area contributed by atoms with Crippen LogP contribution in [0, 0.1) is 11.8 Å². The second kappa shape index (κ2) is 5.97. The summed E-state index contributed by atoms with van der Waals surface area (Å²) in [6, 6.07) is -0.459. The van der Waals surface area contributed by atoms with Crippen LogP contribution in [0.4, 0.5) is 0 Å². The molecule has 0 bridgehead atoms. The van der Waals surface area contributed by atoms with Gasteiger partial charge in [0.05, 0.1) is 6.61 Å². The van der Waals surface area contributed by atoms with Crippen molar-refractivity contribution in [2.45, 2.75) is 40.2 Å². The van der Waals surface area contributed by atoms with Crippen LogP contribution in [0.2, 0.25) is 0 Å². The maximum absolute atomic E-state index is 11.2. The summed E-state index contributed by atoms with van der Waals surface area (Å²) >= 11 is 0. The Kier molecular flexibility index (Phi) is 5.71. The molecule has 2 N–H and O–H groups in total. The van der Waals surface area contributed by atoms with Crippen LogP contribution in [0.1, 0.15) is 34.1 Å². The molecule has 0 rings (SSSR count). The molecule has 0 aliphatic rings. The lowest BCUT2D eigenvalue weighted by atomic mass is 10.1. The molecule has 3 nitrogen and oxygen atoms in total. The van der Waals surface area contributed by atoms with Gasteiger partial charge in [-0.15, -0.1) is 0 Å². The molecule has 13 heavy (non-hydrogen) atoms. The van der Waals surface area contributed by atoms with Crippen LogP contribution in [0.15, 0.2) is 0 Å². The number of carbonyl (C=O) groups is 1. The van der Waals surface area contributed by atoms with Crippen molar-refractivity contribution >= 4 is 5.97 Å². The van der Waals surface area contributed by atoms with Gasteiger partial charge in [0.1, 0.15) is 6.04 Å². The van der Waals surface area contributed by atoms with Crippen molar-refractivity contribution < 1.29 is 9.53 Å². The Labute approximate surface area is 80.6 Å². The van der Waals surface area contributed by atoms with Crippen molar-refractivity contribution in [2.24, 2.45) is 17.6 Å². The highest BCUT2D eigenvalue weighted by atomic mass is 16.5. The third kappa shape index (κ3) is 6.58. The second-order valence-corrected chi connectivity index (χ2v) is 4.26. The van der Waals surface area contributed by atoms with Crippen molar-refractivity contribution in [2.75, 3.05) is 6.61 Å². The Hall–Kier alpha value is -0.570. The molecule has 3 heteroatoms. The fourth-order valence-electron chi connectivity index (χ4n) is 0.960. The lowest BCUT2D eigenvalue weighted by Gasteiger charge is -2.14. The molecule has 78 valence electrons. The van der Waals surface area contributed by atoms with E-state index in [4.69, 9.17) is 10.5 Å². The minimum atomic E-state index is -0.459. The van der Waals surface area contributed by atoms with Gasteiger partial charge in [-0.25, -0.2) is 0 Å². The Morgan fingerprint density at radius 3 is 2.15 bits per heavy atom. The van der Waals surface area contributed by atoms with E-state index in [0.29, 0.717) is 24.9 Å². The van der Waals surface area contributed by atoms with Crippen LogP contribution in [0.25, 0.3) is 0 Å². The SMILES string of the molecule is CC(C)COC(=O)[C@H](N)CC(C)C. The molecule has 0 fully saturated rings. The van der Waals surface area contributed by atoms with E-state index in [9.17, 15) is 4.79 Å². The molecular formula is C10H21NO2. The molecule has 0 aliphatic carbocycles. The second-order valence-electron chi connectivity index (χ2n) is 4.26. The Balaban J connectivity index is 3.69. The standard InChI is InChI=1S/C10H21NO2/c1-7(2)5-9(11)10(12)13-6-8(3)4/h7-9H,5-6,11H2,1-4H3/t9-/m1/s1.